The van der Waals surface area contributed by atoms with E-state index >= 15 is 0 Å². The van der Waals surface area contributed by atoms with E-state index in [1.807, 2.05) is 42.5 Å². The standard InChI is InChI=1S/C25H22N6OS/c1-17(2)20-9-3-4-10-21(20)31-24(18-8-7-12-26-15-18)28-29-25(31)33-16-19-14-23(32)30-13-6-5-11-22(30)27-19/h3-15,17H,16H2,1-2H3. The molecule has 0 bridgehead atoms. The molecule has 0 aliphatic rings. The Bertz CT molecular complexity index is 1480. The summed E-state index contributed by atoms with van der Waals surface area (Å²) in [5.74, 6) is 1.55. The Morgan fingerprint density at radius 3 is 2.67 bits per heavy atom. The molecule has 0 amide bonds. The molecule has 0 spiro atoms. The lowest BCUT2D eigenvalue weighted by Gasteiger charge is -2.16. The molecule has 0 saturated heterocycles. The first-order valence-corrected chi connectivity index (χ1v) is 11.7. The SMILES string of the molecule is CC(C)c1ccccc1-n1c(SCc2cc(=O)n3ccccc3n2)nnc1-c1cccnc1. The molecule has 1 aromatic carbocycles. The van der Waals surface area contributed by atoms with Crippen molar-refractivity contribution in [3.63, 3.8) is 0 Å². The summed E-state index contributed by atoms with van der Waals surface area (Å²) in [6.07, 6.45) is 5.26. The summed E-state index contributed by atoms with van der Waals surface area (Å²) in [7, 11) is 0. The molecule has 164 valence electrons. The third-order valence-electron chi connectivity index (χ3n) is 5.33. The number of aromatic nitrogens is 6. The van der Waals surface area contributed by atoms with Crippen molar-refractivity contribution in [2.24, 2.45) is 0 Å². The lowest BCUT2D eigenvalue weighted by molar-refractivity contribution is 0.818. The summed E-state index contributed by atoms with van der Waals surface area (Å²) in [5.41, 5.74) is 4.35. The Labute approximate surface area is 195 Å². The predicted octanol–water partition coefficient (Wildman–Crippen LogP) is 4.75. The monoisotopic (exact) mass is 454 g/mol. The maximum Gasteiger partial charge on any atom is 0.258 e. The molecule has 5 rings (SSSR count). The molecular formula is C25H22N6OS. The zero-order valence-electron chi connectivity index (χ0n) is 18.3. The van der Waals surface area contributed by atoms with E-state index < -0.39 is 0 Å². The van der Waals surface area contributed by atoms with Gasteiger partial charge in [0.15, 0.2) is 11.0 Å². The van der Waals surface area contributed by atoms with Crippen molar-refractivity contribution in [1.82, 2.24) is 29.1 Å². The van der Waals surface area contributed by atoms with E-state index in [9.17, 15) is 4.79 Å². The van der Waals surface area contributed by atoms with Gasteiger partial charge in [-0.2, -0.15) is 0 Å². The van der Waals surface area contributed by atoms with Gasteiger partial charge in [-0.25, -0.2) is 4.98 Å². The molecule has 0 atom stereocenters. The zero-order valence-corrected chi connectivity index (χ0v) is 19.1. The lowest BCUT2D eigenvalue weighted by atomic mass is 10.0. The smallest absolute Gasteiger partial charge is 0.258 e. The van der Waals surface area contributed by atoms with Crippen molar-refractivity contribution in [2.75, 3.05) is 0 Å². The highest BCUT2D eigenvalue weighted by molar-refractivity contribution is 7.98. The van der Waals surface area contributed by atoms with Gasteiger partial charge in [-0.15, -0.1) is 10.2 Å². The molecular weight excluding hydrogens is 432 g/mol. The Morgan fingerprint density at radius 1 is 1.00 bits per heavy atom. The first-order chi connectivity index (χ1) is 16.1. The van der Waals surface area contributed by atoms with Crippen LogP contribution in [0.5, 0.6) is 0 Å². The first-order valence-electron chi connectivity index (χ1n) is 10.7. The molecule has 0 saturated carbocycles. The minimum absolute atomic E-state index is 0.0983. The normalized spacial score (nSPS) is 11.4. The zero-order chi connectivity index (χ0) is 22.8. The van der Waals surface area contributed by atoms with E-state index in [0.717, 1.165) is 22.2 Å². The number of nitrogens with zero attached hydrogens (tertiary/aromatic N) is 6. The van der Waals surface area contributed by atoms with Crippen LogP contribution in [0.25, 0.3) is 22.7 Å². The number of fused-ring (bicyclic) bond motifs is 1. The van der Waals surface area contributed by atoms with E-state index in [0.29, 0.717) is 23.0 Å². The predicted molar refractivity (Wildman–Crippen MR) is 130 cm³/mol. The fourth-order valence-corrected chi connectivity index (χ4v) is 4.59. The van der Waals surface area contributed by atoms with Crippen LogP contribution in [-0.4, -0.2) is 29.1 Å². The van der Waals surface area contributed by atoms with Crippen LogP contribution in [0, 0.1) is 0 Å². The number of pyridine rings is 2. The lowest BCUT2D eigenvalue weighted by Crippen LogP contribution is -2.14. The van der Waals surface area contributed by atoms with E-state index in [4.69, 9.17) is 0 Å². The molecule has 0 aliphatic heterocycles. The summed E-state index contributed by atoms with van der Waals surface area (Å²) in [6, 6.07) is 19.3. The molecule has 33 heavy (non-hydrogen) atoms. The van der Waals surface area contributed by atoms with Gasteiger partial charge in [0.1, 0.15) is 5.65 Å². The van der Waals surface area contributed by atoms with Gasteiger partial charge >= 0.3 is 0 Å². The van der Waals surface area contributed by atoms with Crippen LogP contribution in [0.4, 0.5) is 0 Å². The van der Waals surface area contributed by atoms with Crippen molar-refractivity contribution in [1.29, 1.82) is 0 Å². The van der Waals surface area contributed by atoms with Gasteiger partial charge in [0, 0.05) is 36.0 Å². The topological polar surface area (TPSA) is 78.0 Å². The molecule has 0 aliphatic carbocycles. The van der Waals surface area contributed by atoms with Crippen LogP contribution in [0.2, 0.25) is 0 Å². The minimum atomic E-state index is -0.0983. The first kappa shape index (κ1) is 21.1. The van der Waals surface area contributed by atoms with Gasteiger partial charge in [0.05, 0.1) is 11.4 Å². The van der Waals surface area contributed by atoms with Crippen LogP contribution < -0.4 is 5.56 Å². The Balaban J connectivity index is 1.58. The largest absolute Gasteiger partial charge is 0.270 e. The number of hydrogen-bond donors (Lipinski definition) is 0. The number of rotatable bonds is 6. The Kier molecular flexibility index (Phi) is 5.75. The number of thioether (sulfide) groups is 1. The Hall–Kier alpha value is -3.78. The maximum absolute atomic E-state index is 12.5. The summed E-state index contributed by atoms with van der Waals surface area (Å²) in [6.45, 7) is 4.35. The Morgan fingerprint density at radius 2 is 1.85 bits per heavy atom. The minimum Gasteiger partial charge on any atom is -0.270 e. The average Bonchev–Trinajstić information content (AvgIpc) is 3.27. The summed E-state index contributed by atoms with van der Waals surface area (Å²) in [4.78, 5) is 21.4. The van der Waals surface area contributed by atoms with Crippen LogP contribution in [0.1, 0.15) is 31.0 Å². The average molecular weight is 455 g/mol. The molecule has 7 nitrogen and oxygen atoms in total. The van der Waals surface area contributed by atoms with Crippen molar-refractivity contribution in [3.05, 3.63) is 101 Å². The fraction of sp³-hybridized carbons (Fsp3) is 0.160. The van der Waals surface area contributed by atoms with E-state index in [1.54, 1.807) is 24.7 Å². The van der Waals surface area contributed by atoms with Crippen LogP contribution in [0.3, 0.4) is 0 Å². The van der Waals surface area contributed by atoms with Crippen LogP contribution >= 0.6 is 11.8 Å². The molecule has 0 N–H and O–H groups in total. The molecule has 4 aromatic heterocycles. The molecule has 0 radical (unpaired) electrons. The third-order valence-corrected chi connectivity index (χ3v) is 6.29. The second-order valence-corrected chi connectivity index (χ2v) is 8.84. The van der Waals surface area contributed by atoms with Gasteiger partial charge in [-0.1, -0.05) is 49.9 Å². The number of hydrogen-bond acceptors (Lipinski definition) is 6. The molecule has 5 aromatic rings. The highest BCUT2D eigenvalue weighted by atomic mass is 32.2. The van der Waals surface area contributed by atoms with Gasteiger partial charge in [0.2, 0.25) is 0 Å². The highest BCUT2D eigenvalue weighted by Crippen LogP contribution is 2.32. The van der Waals surface area contributed by atoms with Gasteiger partial charge in [0.25, 0.3) is 5.56 Å². The quantitative estimate of drug-likeness (QED) is 0.345. The second kappa shape index (κ2) is 8.99. The van der Waals surface area contributed by atoms with Gasteiger partial charge < -0.3 is 0 Å². The van der Waals surface area contributed by atoms with E-state index in [1.165, 1.54) is 21.7 Å². The van der Waals surface area contributed by atoms with Crippen molar-refractivity contribution in [3.8, 4) is 17.1 Å². The van der Waals surface area contributed by atoms with Crippen molar-refractivity contribution in [2.45, 2.75) is 30.7 Å². The summed E-state index contributed by atoms with van der Waals surface area (Å²) < 4.78 is 3.61. The van der Waals surface area contributed by atoms with E-state index in [2.05, 4.69) is 50.7 Å². The van der Waals surface area contributed by atoms with E-state index in [-0.39, 0.29) is 5.56 Å². The summed E-state index contributed by atoms with van der Waals surface area (Å²) in [5, 5.41) is 9.75. The van der Waals surface area contributed by atoms with Crippen LogP contribution in [-0.2, 0) is 5.75 Å². The number of benzene rings is 1. The van der Waals surface area contributed by atoms with Gasteiger partial charge in [-0.05, 0) is 41.8 Å². The fourth-order valence-electron chi connectivity index (χ4n) is 3.76. The second-order valence-electron chi connectivity index (χ2n) is 7.90. The highest BCUT2D eigenvalue weighted by Gasteiger charge is 2.20. The molecule has 8 heteroatoms. The van der Waals surface area contributed by atoms with Crippen molar-refractivity contribution >= 4 is 17.4 Å². The maximum atomic E-state index is 12.5. The molecule has 4 heterocycles. The number of para-hydroxylation sites is 1. The molecule has 0 fully saturated rings. The van der Waals surface area contributed by atoms with Gasteiger partial charge in [-0.3, -0.25) is 18.7 Å². The summed E-state index contributed by atoms with van der Waals surface area (Å²) >= 11 is 1.51. The van der Waals surface area contributed by atoms with Crippen molar-refractivity contribution < 1.29 is 0 Å². The molecule has 0 unspecified atom stereocenters. The third kappa shape index (κ3) is 4.17. The van der Waals surface area contributed by atoms with Crippen LogP contribution in [0.15, 0.2) is 89.2 Å².